The van der Waals surface area contributed by atoms with Gasteiger partial charge in [-0.15, -0.1) is 11.3 Å². The number of amides is 1. The first-order valence-electron chi connectivity index (χ1n) is 5.71. The summed E-state index contributed by atoms with van der Waals surface area (Å²) >= 11 is 1.36. The van der Waals surface area contributed by atoms with Gasteiger partial charge in [-0.25, -0.2) is 9.37 Å². The number of rotatable bonds is 5. The summed E-state index contributed by atoms with van der Waals surface area (Å²) in [6.07, 6.45) is 2.38. The third-order valence-electron chi connectivity index (χ3n) is 2.54. The summed E-state index contributed by atoms with van der Waals surface area (Å²) in [5, 5.41) is 5.04. The van der Waals surface area contributed by atoms with E-state index in [9.17, 15) is 9.18 Å². The normalized spacial score (nSPS) is 10.2. The summed E-state index contributed by atoms with van der Waals surface area (Å²) < 4.78 is 18.3. The van der Waals surface area contributed by atoms with Gasteiger partial charge in [-0.2, -0.15) is 0 Å². The van der Waals surface area contributed by atoms with Crippen molar-refractivity contribution in [2.24, 2.45) is 0 Å². The summed E-state index contributed by atoms with van der Waals surface area (Å²) in [5.74, 6) is -0.345. The van der Waals surface area contributed by atoms with Gasteiger partial charge >= 0.3 is 0 Å². The molecule has 0 unspecified atom stereocenters. The Morgan fingerprint density at radius 3 is 3.00 bits per heavy atom. The minimum Gasteiger partial charge on any atom is -0.494 e. The molecule has 0 aliphatic heterocycles. The number of nitrogens with one attached hydrogen (secondary N) is 1. The van der Waals surface area contributed by atoms with Crippen molar-refractivity contribution < 1.29 is 13.9 Å². The van der Waals surface area contributed by atoms with Gasteiger partial charge in [0.15, 0.2) is 16.7 Å². The molecule has 1 aromatic heterocycles. The average molecular weight is 280 g/mol. The number of halogens is 1. The number of ether oxygens (including phenoxy) is 1. The second-order valence-corrected chi connectivity index (χ2v) is 4.75. The number of benzene rings is 1. The molecule has 19 heavy (non-hydrogen) atoms. The van der Waals surface area contributed by atoms with Crippen LogP contribution in [0.15, 0.2) is 29.8 Å². The fraction of sp³-hybridized carbons (Fsp3) is 0.231. The summed E-state index contributed by atoms with van der Waals surface area (Å²) in [5.41, 5.74) is 0.757. The molecule has 1 N–H and O–H groups in total. The molecule has 0 fully saturated rings. The molecule has 4 nitrogen and oxygen atoms in total. The Morgan fingerprint density at radius 1 is 1.53 bits per heavy atom. The molecule has 0 spiro atoms. The van der Waals surface area contributed by atoms with Crippen LogP contribution in [0.3, 0.4) is 0 Å². The van der Waals surface area contributed by atoms with Crippen LogP contribution in [-0.4, -0.2) is 18.0 Å². The van der Waals surface area contributed by atoms with Crippen LogP contribution in [0.25, 0.3) is 0 Å². The fourth-order valence-corrected chi connectivity index (χ4v) is 2.14. The van der Waals surface area contributed by atoms with Crippen molar-refractivity contribution in [2.45, 2.75) is 12.8 Å². The Balaban J connectivity index is 1.88. The van der Waals surface area contributed by atoms with E-state index in [0.717, 1.165) is 5.56 Å². The van der Waals surface area contributed by atoms with Gasteiger partial charge in [0, 0.05) is 18.0 Å². The van der Waals surface area contributed by atoms with E-state index in [2.05, 4.69) is 10.3 Å². The highest BCUT2D eigenvalue weighted by molar-refractivity contribution is 7.13. The highest BCUT2D eigenvalue weighted by atomic mass is 32.1. The van der Waals surface area contributed by atoms with E-state index in [1.807, 2.05) is 0 Å². The summed E-state index contributed by atoms with van der Waals surface area (Å²) in [4.78, 5) is 15.6. The molecule has 0 saturated carbocycles. The van der Waals surface area contributed by atoms with Crippen molar-refractivity contribution in [2.75, 3.05) is 12.4 Å². The van der Waals surface area contributed by atoms with Gasteiger partial charge in [0.25, 0.3) is 0 Å². The molecule has 1 heterocycles. The van der Waals surface area contributed by atoms with Crippen molar-refractivity contribution in [1.29, 1.82) is 0 Å². The number of carbonyl (C=O) groups is 1. The summed E-state index contributed by atoms with van der Waals surface area (Å²) in [7, 11) is 1.42. The zero-order chi connectivity index (χ0) is 13.7. The maximum atomic E-state index is 13.4. The Hall–Kier alpha value is -1.95. The third-order valence-corrected chi connectivity index (χ3v) is 3.22. The number of hydrogen-bond donors (Lipinski definition) is 1. The Kier molecular flexibility index (Phi) is 4.46. The van der Waals surface area contributed by atoms with E-state index in [-0.39, 0.29) is 18.1 Å². The van der Waals surface area contributed by atoms with Crippen molar-refractivity contribution in [3.63, 3.8) is 0 Å². The van der Waals surface area contributed by atoms with Crippen LogP contribution < -0.4 is 10.1 Å². The van der Waals surface area contributed by atoms with E-state index >= 15 is 0 Å². The molecule has 6 heteroatoms. The zero-order valence-electron chi connectivity index (χ0n) is 10.4. The average Bonchev–Trinajstić information content (AvgIpc) is 2.89. The van der Waals surface area contributed by atoms with E-state index in [1.165, 1.54) is 24.5 Å². The number of aromatic nitrogens is 1. The smallest absolute Gasteiger partial charge is 0.226 e. The van der Waals surface area contributed by atoms with E-state index in [1.54, 1.807) is 23.7 Å². The Morgan fingerprint density at radius 2 is 2.37 bits per heavy atom. The molecule has 0 bridgehead atoms. The first-order valence-corrected chi connectivity index (χ1v) is 6.59. The fourth-order valence-electron chi connectivity index (χ4n) is 1.59. The van der Waals surface area contributed by atoms with Crippen LogP contribution >= 0.6 is 11.3 Å². The quantitative estimate of drug-likeness (QED) is 0.916. The molecule has 2 aromatic rings. The lowest BCUT2D eigenvalue weighted by Gasteiger charge is -2.05. The molecule has 0 atom stereocenters. The topological polar surface area (TPSA) is 51.2 Å². The van der Waals surface area contributed by atoms with Gasteiger partial charge in [-0.3, -0.25) is 4.79 Å². The van der Waals surface area contributed by atoms with Gasteiger partial charge in [0.05, 0.1) is 7.11 Å². The van der Waals surface area contributed by atoms with Crippen LogP contribution in [-0.2, 0) is 11.2 Å². The maximum absolute atomic E-state index is 13.4. The molecule has 0 radical (unpaired) electrons. The van der Waals surface area contributed by atoms with E-state index < -0.39 is 5.82 Å². The number of methoxy groups -OCH3 is 1. The minimum atomic E-state index is -0.416. The van der Waals surface area contributed by atoms with Crippen molar-refractivity contribution in [3.05, 3.63) is 41.2 Å². The van der Waals surface area contributed by atoms with Crippen LogP contribution in [0, 0.1) is 5.82 Å². The molecule has 0 aliphatic rings. The van der Waals surface area contributed by atoms with Gasteiger partial charge in [-0.05, 0) is 24.1 Å². The molecule has 1 amide bonds. The molecule has 0 saturated heterocycles. The minimum absolute atomic E-state index is 0.133. The van der Waals surface area contributed by atoms with Crippen molar-refractivity contribution in [1.82, 2.24) is 4.98 Å². The van der Waals surface area contributed by atoms with Crippen LogP contribution in [0.1, 0.15) is 12.0 Å². The first-order chi connectivity index (χ1) is 9.19. The number of anilines is 1. The second-order valence-electron chi connectivity index (χ2n) is 3.85. The van der Waals surface area contributed by atoms with Crippen LogP contribution in [0.2, 0.25) is 0 Å². The standard InChI is InChI=1S/C13H13FN2O2S/c1-18-11-4-2-9(8-10(11)14)3-5-12(17)16-13-15-6-7-19-13/h2,4,6-8H,3,5H2,1H3,(H,15,16,17). The van der Waals surface area contributed by atoms with Gasteiger partial charge in [0.1, 0.15) is 0 Å². The van der Waals surface area contributed by atoms with Crippen LogP contribution in [0.5, 0.6) is 5.75 Å². The Labute approximate surface area is 114 Å². The summed E-state index contributed by atoms with van der Waals surface area (Å²) in [6.45, 7) is 0. The maximum Gasteiger partial charge on any atom is 0.226 e. The largest absolute Gasteiger partial charge is 0.494 e. The molecular formula is C13H13FN2O2S. The zero-order valence-corrected chi connectivity index (χ0v) is 11.2. The van der Waals surface area contributed by atoms with Crippen molar-refractivity contribution in [3.8, 4) is 5.75 Å². The molecule has 0 aliphatic carbocycles. The predicted molar refractivity (Wildman–Crippen MR) is 72.0 cm³/mol. The Bertz CT molecular complexity index is 558. The van der Waals surface area contributed by atoms with E-state index in [0.29, 0.717) is 11.6 Å². The lowest BCUT2D eigenvalue weighted by molar-refractivity contribution is -0.116. The molecule has 100 valence electrons. The monoisotopic (exact) mass is 280 g/mol. The van der Waals surface area contributed by atoms with Gasteiger partial charge < -0.3 is 10.1 Å². The lowest BCUT2D eigenvalue weighted by atomic mass is 10.1. The first kappa shape index (κ1) is 13.5. The predicted octanol–water partition coefficient (Wildman–Crippen LogP) is 2.86. The highest BCUT2D eigenvalue weighted by Crippen LogP contribution is 2.18. The number of thiazole rings is 1. The number of aryl methyl sites for hydroxylation is 1. The third kappa shape index (κ3) is 3.75. The molecule has 1 aromatic carbocycles. The van der Waals surface area contributed by atoms with E-state index in [4.69, 9.17) is 4.74 Å². The number of hydrogen-bond acceptors (Lipinski definition) is 4. The molecule has 2 rings (SSSR count). The number of nitrogens with zero attached hydrogens (tertiary/aromatic N) is 1. The number of carbonyl (C=O) groups excluding carboxylic acids is 1. The van der Waals surface area contributed by atoms with Gasteiger partial charge in [-0.1, -0.05) is 6.07 Å². The summed E-state index contributed by atoms with van der Waals surface area (Å²) in [6, 6.07) is 4.69. The lowest BCUT2D eigenvalue weighted by Crippen LogP contribution is -2.12. The van der Waals surface area contributed by atoms with Crippen molar-refractivity contribution >= 4 is 22.4 Å². The SMILES string of the molecule is COc1ccc(CCC(=O)Nc2nccs2)cc1F. The second kappa shape index (κ2) is 6.29. The van der Waals surface area contributed by atoms with Gasteiger partial charge in [0.2, 0.25) is 5.91 Å². The molecular weight excluding hydrogens is 267 g/mol. The van der Waals surface area contributed by atoms with Crippen LogP contribution in [0.4, 0.5) is 9.52 Å². The highest BCUT2D eigenvalue weighted by Gasteiger charge is 2.07.